The Balaban J connectivity index is 0.936. The summed E-state index contributed by atoms with van der Waals surface area (Å²) in [4.78, 5) is 0. The van der Waals surface area contributed by atoms with Gasteiger partial charge in [-0.05, 0) is 99.5 Å². The number of aryl methyl sites for hydroxylation is 2. The zero-order valence-electron chi connectivity index (χ0n) is 34.6. The van der Waals surface area contributed by atoms with Crippen LogP contribution in [0.2, 0.25) is 0 Å². The molecule has 6 nitrogen and oxygen atoms in total. The van der Waals surface area contributed by atoms with Gasteiger partial charge in [-0.2, -0.15) is 0 Å². The normalized spacial score (nSPS) is 12.7. The Morgan fingerprint density at radius 3 is 1.08 bits per heavy atom. The molecule has 0 unspecified atom stereocenters. The highest BCUT2D eigenvalue weighted by Crippen LogP contribution is 2.45. The molecule has 8 aromatic carbocycles. The molecule has 10 aromatic rings. The fourth-order valence-electron chi connectivity index (χ4n) is 9.22. The van der Waals surface area contributed by atoms with Crippen molar-refractivity contribution in [2.24, 2.45) is 0 Å². The number of aromatic nitrogens is 2. The highest BCUT2D eigenvalue weighted by atomic mass is 16.5. The first-order valence-corrected chi connectivity index (χ1v) is 20.9. The van der Waals surface area contributed by atoms with E-state index < -0.39 is 0 Å². The van der Waals surface area contributed by atoms with Crippen LogP contribution < -0.4 is 9.47 Å². The van der Waals surface area contributed by atoms with Gasteiger partial charge in [0, 0.05) is 50.2 Å². The van der Waals surface area contributed by atoms with E-state index in [0.717, 1.165) is 77.2 Å². The SMILES string of the molecule is Cc1cc(-c2ccccc2O[C@H](C)C[C@@H](C)Oc2ccccc2-c2cc(C)cc(-n3c4ccccc4c4ccccc43)c2O)c(O)c(-n2c3ccccc3c3ccccc32)c1. The van der Waals surface area contributed by atoms with Gasteiger partial charge in [-0.3, -0.25) is 0 Å². The van der Waals surface area contributed by atoms with E-state index in [1.807, 2.05) is 111 Å². The molecule has 0 bridgehead atoms. The maximum absolute atomic E-state index is 12.1. The summed E-state index contributed by atoms with van der Waals surface area (Å²) in [5.74, 6) is 1.74. The Morgan fingerprint density at radius 2 is 0.721 bits per heavy atom. The van der Waals surface area contributed by atoms with E-state index in [0.29, 0.717) is 29.0 Å². The van der Waals surface area contributed by atoms with Crippen molar-refractivity contribution in [3.63, 3.8) is 0 Å². The van der Waals surface area contributed by atoms with Gasteiger partial charge in [-0.25, -0.2) is 0 Å². The third-order valence-corrected chi connectivity index (χ3v) is 11.8. The minimum absolute atomic E-state index is 0.190. The molecule has 61 heavy (non-hydrogen) atoms. The van der Waals surface area contributed by atoms with E-state index in [2.05, 4.69) is 95.8 Å². The second kappa shape index (κ2) is 15.3. The number of rotatable bonds is 10. The highest BCUT2D eigenvalue weighted by molar-refractivity contribution is 6.10. The maximum Gasteiger partial charge on any atom is 0.147 e. The van der Waals surface area contributed by atoms with Gasteiger partial charge in [0.15, 0.2) is 0 Å². The van der Waals surface area contributed by atoms with Gasteiger partial charge >= 0.3 is 0 Å². The molecule has 2 heterocycles. The molecule has 10 rings (SSSR count). The number of hydrogen-bond acceptors (Lipinski definition) is 4. The smallest absolute Gasteiger partial charge is 0.147 e. The monoisotopic (exact) mass is 798 g/mol. The zero-order chi connectivity index (χ0) is 41.8. The van der Waals surface area contributed by atoms with Crippen molar-refractivity contribution < 1.29 is 19.7 Å². The fourth-order valence-corrected chi connectivity index (χ4v) is 9.22. The average Bonchev–Trinajstić information content (AvgIpc) is 3.78. The number of phenolic OH excluding ortho intramolecular Hbond substituents is 2. The van der Waals surface area contributed by atoms with Crippen molar-refractivity contribution in [2.75, 3.05) is 0 Å². The lowest BCUT2D eigenvalue weighted by molar-refractivity contribution is 0.131. The number of hydrogen-bond donors (Lipinski definition) is 2. The first kappa shape index (κ1) is 37.8. The molecule has 2 aromatic heterocycles. The molecule has 0 spiro atoms. The Hall–Kier alpha value is -7.44. The molecular formula is C55H46N2O4. The lowest BCUT2D eigenvalue weighted by atomic mass is 9.99. The predicted octanol–water partition coefficient (Wildman–Crippen LogP) is 13.9. The minimum atomic E-state index is -0.235. The van der Waals surface area contributed by atoms with Crippen LogP contribution in [-0.4, -0.2) is 31.6 Å². The van der Waals surface area contributed by atoms with Gasteiger partial charge in [-0.15, -0.1) is 0 Å². The molecule has 0 amide bonds. The lowest BCUT2D eigenvalue weighted by Crippen LogP contribution is -2.23. The Morgan fingerprint density at radius 1 is 0.410 bits per heavy atom. The van der Waals surface area contributed by atoms with E-state index >= 15 is 0 Å². The van der Waals surface area contributed by atoms with Gasteiger partial charge in [-0.1, -0.05) is 109 Å². The van der Waals surface area contributed by atoms with Crippen molar-refractivity contribution in [1.82, 2.24) is 9.13 Å². The summed E-state index contributed by atoms with van der Waals surface area (Å²) < 4.78 is 17.7. The number of ether oxygens (including phenoxy) is 2. The summed E-state index contributed by atoms with van der Waals surface area (Å²) in [6.45, 7) is 8.22. The van der Waals surface area contributed by atoms with E-state index in [4.69, 9.17) is 9.47 Å². The zero-order valence-corrected chi connectivity index (χ0v) is 34.6. The van der Waals surface area contributed by atoms with Gasteiger partial charge < -0.3 is 28.8 Å². The number of benzene rings is 8. The molecule has 0 fully saturated rings. The van der Waals surface area contributed by atoms with Crippen LogP contribution in [-0.2, 0) is 0 Å². The predicted molar refractivity (Wildman–Crippen MR) is 250 cm³/mol. The van der Waals surface area contributed by atoms with E-state index in [1.54, 1.807) is 0 Å². The number of para-hydroxylation sites is 6. The topological polar surface area (TPSA) is 68.8 Å². The molecule has 0 aliphatic heterocycles. The van der Waals surface area contributed by atoms with E-state index in [1.165, 1.54) is 0 Å². The quantitative estimate of drug-likeness (QED) is 0.145. The molecule has 2 atom stereocenters. The highest BCUT2D eigenvalue weighted by Gasteiger charge is 2.23. The van der Waals surface area contributed by atoms with Crippen molar-refractivity contribution in [1.29, 1.82) is 0 Å². The first-order valence-electron chi connectivity index (χ1n) is 20.9. The molecule has 0 radical (unpaired) electrons. The van der Waals surface area contributed by atoms with Crippen LogP contribution in [0.15, 0.2) is 170 Å². The van der Waals surface area contributed by atoms with Crippen LogP contribution in [0.3, 0.4) is 0 Å². The van der Waals surface area contributed by atoms with E-state index in [-0.39, 0.29) is 23.7 Å². The van der Waals surface area contributed by atoms with Gasteiger partial charge in [0.1, 0.15) is 23.0 Å². The Bertz CT molecular complexity index is 2960. The summed E-state index contributed by atoms with van der Waals surface area (Å²) in [5.41, 5.74) is 10.6. The number of phenols is 2. The van der Waals surface area contributed by atoms with Gasteiger partial charge in [0.05, 0.1) is 45.6 Å². The minimum Gasteiger partial charge on any atom is -0.505 e. The third-order valence-electron chi connectivity index (χ3n) is 11.8. The summed E-state index contributed by atoms with van der Waals surface area (Å²) in [6.07, 6.45) is 0.115. The Kier molecular flexibility index (Phi) is 9.48. The summed E-state index contributed by atoms with van der Waals surface area (Å²) in [7, 11) is 0. The molecule has 300 valence electrons. The third kappa shape index (κ3) is 6.61. The van der Waals surface area contributed by atoms with Crippen molar-refractivity contribution in [3.8, 4) is 56.6 Å². The van der Waals surface area contributed by atoms with Gasteiger partial charge in [0.2, 0.25) is 0 Å². The van der Waals surface area contributed by atoms with Crippen molar-refractivity contribution >= 4 is 43.6 Å². The van der Waals surface area contributed by atoms with Crippen molar-refractivity contribution in [2.45, 2.75) is 46.3 Å². The Labute approximate surface area is 355 Å². The summed E-state index contributed by atoms with van der Waals surface area (Å²) in [6, 6.07) is 57.2. The first-order chi connectivity index (χ1) is 29.7. The van der Waals surface area contributed by atoms with Crippen molar-refractivity contribution in [3.05, 3.63) is 181 Å². The number of fused-ring (bicyclic) bond motifs is 6. The number of nitrogens with zero attached hydrogens (tertiary/aromatic N) is 2. The lowest BCUT2D eigenvalue weighted by Gasteiger charge is -2.24. The molecule has 6 heteroatoms. The van der Waals surface area contributed by atoms with Crippen LogP contribution in [0.1, 0.15) is 31.4 Å². The van der Waals surface area contributed by atoms with Crippen LogP contribution >= 0.6 is 0 Å². The standard InChI is InChI=1S/C55H46N2O4/c1-34-29-44(54(58)50(31-34)56-46-23-11-5-17-38(46)39-18-6-12-24-47(39)56)42-21-9-15-27-52(42)60-36(3)33-37(4)61-53-28-16-10-22-43(53)45-30-35(2)32-51(55(45)59)57-48-25-13-7-19-40(48)41-20-8-14-26-49(41)57/h5-32,36-37,58-59H,33H2,1-4H3/t36-,37-/m1/s1. The van der Waals surface area contributed by atoms with E-state index in [9.17, 15) is 10.2 Å². The number of aromatic hydroxyl groups is 2. The molecule has 0 aliphatic carbocycles. The largest absolute Gasteiger partial charge is 0.505 e. The maximum atomic E-state index is 12.1. The van der Waals surface area contributed by atoms with Crippen LogP contribution in [0.25, 0.3) is 77.2 Å². The summed E-state index contributed by atoms with van der Waals surface area (Å²) >= 11 is 0. The molecular weight excluding hydrogens is 753 g/mol. The molecule has 0 saturated carbocycles. The average molecular weight is 799 g/mol. The van der Waals surface area contributed by atoms with Crippen LogP contribution in [0.4, 0.5) is 0 Å². The second-order valence-electron chi connectivity index (χ2n) is 16.2. The molecule has 0 saturated heterocycles. The van der Waals surface area contributed by atoms with Crippen LogP contribution in [0, 0.1) is 13.8 Å². The van der Waals surface area contributed by atoms with Crippen LogP contribution in [0.5, 0.6) is 23.0 Å². The van der Waals surface area contributed by atoms with Gasteiger partial charge in [0.25, 0.3) is 0 Å². The molecule has 0 aliphatic rings. The second-order valence-corrected chi connectivity index (χ2v) is 16.2. The summed E-state index contributed by atoms with van der Waals surface area (Å²) in [5, 5.41) is 28.8. The fraction of sp³-hybridized carbons (Fsp3) is 0.127. The molecule has 2 N–H and O–H groups in total.